The Labute approximate surface area is 203 Å². The van der Waals surface area contributed by atoms with Crippen molar-refractivity contribution in [2.75, 3.05) is 0 Å². The van der Waals surface area contributed by atoms with E-state index in [4.69, 9.17) is 11.6 Å². The van der Waals surface area contributed by atoms with Crippen LogP contribution in [0.25, 0.3) is 6.08 Å². The zero-order chi connectivity index (χ0) is 23.0. The molecule has 2 nitrogen and oxygen atoms in total. The molecule has 5 heteroatoms. The molecule has 0 bridgehead atoms. The summed E-state index contributed by atoms with van der Waals surface area (Å²) >= 11 is 5.91. The minimum absolute atomic E-state index is 0.148. The molecule has 32 heavy (non-hydrogen) atoms. The second kappa shape index (κ2) is 11.7. The van der Waals surface area contributed by atoms with Crippen molar-refractivity contribution in [1.82, 2.24) is 0 Å². The van der Waals surface area contributed by atoms with E-state index in [2.05, 4.69) is 25.1 Å². The number of benzene rings is 3. The molecule has 0 heterocycles. The molecule has 3 aromatic rings. The molecule has 0 aliphatic carbocycles. The van der Waals surface area contributed by atoms with Gasteiger partial charge in [0, 0.05) is 0 Å². The second-order valence-corrected chi connectivity index (χ2v) is 12.2. The molecule has 0 spiro atoms. The summed E-state index contributed by atoms with van der Waals surface area (Å²) in [5, 5.41) is 0.623. The zero-order valence-corrected chi connectivity index (χ0v) is 21.6. The summed E-state index contributed by atoms with van der Waals surface area (Å²) in [6.07, 6.45) is 6.83. The van der Waals surface area contributed by atoms with E-state index in [1.807, 2.05) is 49.4 Å². The number of allylic oxidation sites excluding steroid dienone is 2. The summed E-state index contributed by atoms with van der Waals surface area (Å²) in [6, 6.07) is 24.4. The van der Waals surface area contributed by atoms with E-state index < -0.39 is 9.84 Å². The van der Waals surface area contributed by atoms with E-state index in [1.54, 1.807) is 30.3 Å². The Balaban J connectivity index is 2.16. The van der Waals surface area contributed by atoms with Crippen LogP contribution in [0, 0.1) is 6.92 Å². The van der Waals surface area contributed by atoms with Gasteiger partial charge in [0.25, 0.3) is 0 Å². The van der Waals surface area contributed by atoms with Crippen molar-refractivity contribution in [2.24, 2.45) is 0 Å². The molecule has 0 saturated carbocycles. The number of hydrogen-bond donors (Lipinski definition) is 0. The molecule has 3 aromatic carbocycles. The Kier molecular flexibility index (Phi) is 8.95. The zero-order valence-electron chi connectivity index (χ0n) is 18.3. The standard InChI is InChI=1S/C27H27ClO2SSe/c1-3-4-6-11-27(32-25-9-7-5-8-10-25)26(20-22-14-16-23(28)17-15-22)31(29,30)24-18-12-21(2)13-19-24/h5,7-20H,3-4,6H2,1-2H3/b26-20+,27-11+. The Morgan fingerprint density at radius 1 is 0.938 bits per heavy atom. The first kappa shape index (κ1) is 24.5. The molecule has 0 unspecified atom stereocenters. The van der Waals surface area contributed by atoms with Crippen molar-refractivity contribution in [1.29, 1.82) is 0 Å². The van der Waals surface area contributed by atoms with Crippen LogP contribution in [0.5, 0.6) is 0 Å². The van der Waals surface area contributed by atoms with Crippen LogP contribution in [0.2, 0.25) is 5.02 Å². The molecule has 0 atom stereocenters. The van der Waals surface area contributed by atoms with Gasteiger partial charge in [-0.15, -0.1) is 0 Å². The van der Waals surface area contributed by atoms with Gasteiger partial charge in [-0.3, -0.25) is 0 Å². The number of sulfone groups is 1. The van der Waals surface area contributed by atoms with E-state index in [-0.39, 0.29) is 15.0 Å². The Morgan fingerprint density at radius 2 is 1.59 bits per heavy atom. The third kappa shape index (κ3) is 6.70. The molecule has 166 valence electrons. The van der Waals surface area contributed by atoms with Gasteiger partial charge in [0.15, 0.2) is 0 Å². The number of hydrogen-bond acceptors (Lipinski definition) is 2. The molecular weight excluding hydrogens is 503 g/mol. The summed E-state index contributed by atoms with van der Waals surface area (Å²) in [5.74, 6) is 0. The first-order chi connectivity index (χ1) is 15.4. The topological polar surface area (TPSA) is 34.1 Å². The van der Waals surface area contributed by atoms with Gasteiger partial charge in [-0.05, 0) is 0 Å². The SMILES string of the molecule is CCCC/C=C([Se]c1ccccc1)\C(=C/c1ccc(Cl)cc1)S(=O)(=O)c1ccc(C)cc1. The van der Waals surface area contributed by atoms with Crippen LogP contribution in [0.4, 0.5) is 0 Å². The van der Waals surface area contributed by atoms with Gasteiger partial charge < -0.3 is 0 Å². The van der Waals surface area contributed by atoms with E-state index in [9.17, 15) is 8.42 Å². The Hall–Kier alpha value is -2.10. The molecule has 0 saturated heterocycles. The van der Waals surface area contributed by atoms with Crippen LogP contribution in [-0.2, 0) is 9.84 Å². The Bertz CT molecular complexity index is 1180. The first-order valence-corrected chi connectivity index (χ1v) is 14.2. The summed E-state index contributed by atoms with van der Waals surface area (Å²) < 4.78 is 29.7. The van der Waals surface area contributed by atoms with Crippen molar-refractivity contribution in [3.63, 3.8) is 0 Å². The van der Waals surface area contributed by atoms with Crippen molar-refractivity contribution in [2.45, 2.75) is 38.0 Å². The summed E-state index contributed by atoms with van der Waals surface area (Å²) in [4.78, 5) is 0.678. The fraction of sp³-hybridized carbons (Fsp3) is 0.185. The fourth-order valence-corrected chi connectivity index (χ4v) is 7.41. The van der Waals surface area contributed by atoms with Crippen LogP contribution in [0.1, 0.15) is 37.3 Å². The van der Waals surface area contributed by atoms with Gasteiger partial charge in [-0.2, -0.15) is 0 Å². The van der Waals surface area contributed by atoms with Gasteiger partial charge >= 0.3 is 204 Å². The predicted molar refractivity (Wildman–Crippen MR) is 137 cm³/mol. The third-order valence-electron chi connectivity index (χ3n) is 4.89. The van der Waals surface area contributed by atoms with E-state index in [0.29, 0.717) is 14.8 Å². The average Bonchev–Trinajstić information content (AvgIpc) is 2.79. The van der Waals surface area contributed by atoms with E-state index >= 15 is 0 Å². The molecule has 0 aliphatic heterocycles. The number of halogens is 1. The van der Waals surface area contributed by atoms with Crippen molar-refractivity contribution in [3.8, 4) is 0 Å². The van der Waals surface area contributed by atoms with Gasteiger partial charge in [-0.25, -0.2) is 0 Å². The van der Waals surface area contributed by atoms with E-state index in [0.717, 1.165) is 39.3 Å². The van der Waals surface area contributed by atoms with Crippen LogP contribution in [0.15, 0.2) is 99.2 Å². The minimum atomic E-state index is -3.71. The molecule has 0 fully saturated rings. The Morgan fingerprint density at radius 3 is 2.22 bits per heavy atom. The van der Waals surface area contributed by atoms with Crippen LogP contribution in [0.3, 0.4) is 0 Å². The summed E-state index contributed by atoms with van der Waals surface area (Å²) in [7, 11) is -3.71. The van der Waals surface area contributed by atoms with Gasteiger partial charge in [0.1, 0.15) is 0 Å². The van der Waals surface area contributed by atoms with Crippen LogP contribution >= 0.6 is 11.6 Å². The summed E-state index contributed by atoms with van der Waals surface area (Å²) in [6.45, 7) is 4.10. The molecule has 3 rings (SSSR count). The quantitative estimate of drug-likeness (QED) is 0.178. The molecule has 0 amide bonds. The monoisotopic (exact) mass is 530 g/mol. The second-order valence-electron chi connectivity index (χ2n) is 7.50. The summed E-state index contributed by atoms with van der Waals surface area (Å²) in [5.41, 5.74) is 1.84. The molecule has 0 N–H and O–H groups in total. The number of aryl methyl sites for hydroxylation is 1. The van der Waals surface area contributed by atoms with Crippen molar-refractivity contribution in [3.05, 3.63) is 110 Å². The maximum atomic E-state index is 13.9. The number of rotatable bonds is 9. The molecule has 0 aromatic heterocycles. The van der Waals surface area contributed by atoms with E-state index in [1.165, 1.54) is 0 Å². The first-order valence-electron chi connectivity index (χ1n) is 10.6. The number of unbranched alkanes of at least 4 members (excludes halogenated alkanes) is 2. The molecule has 0 aliphatic rings. The normalized spacial score (nSPS) is 12.7. The van der Waals surface area contributed by atoms with Gasteiger partial charge in [0.05, 0.1) is 0 Å². The van der Waals surface area contributed by atoms with Gasteiger partial charge in [-0.1, -0.05) is 0 Å². The fourth-order valence-electron chi connectivity index (χ4n) is 3.08. The maximum absolute atomic E-state index is 13.9. The van der Waals surface area contributed by atoms with Crippen LogP contribution < -0.4 is 4.46 Å². The van der Waals surface area contributed by atoms with Gasteiger partial charge in [0.2, 0.25) is 0 Å². The van der Waals surface area contributed by atoms with Crippen LogP contribution in [-0.4, -0.2) is 23.4 Å². The molecule has 0 radical (unpaired) electrons. The predicted octanol–water partition coefficient (Wildman–Crippen LogP) is 6.57. The third-order valence-corrected chi connectivity index (χ3v) is 9.58. The van der Waals surface area contributed by atoms with Crippen molar-refractivity contribution < 1.29 is 8.42 Å². The molecular formula is C27H27ClO2SSe. The van der Waals surface area contributed by atoms with Crippen molar-refractivity contribution >= 4 is 46.9 Å². The average molecular weight is 530 g/mol.